The Morgan fingerprint density at radius 2 is 0.667 bits per heavy atom. The molecule has 0 heterocycles. The van der Waals surface area contributed by atoms with Crippen molar-refractivity contribution in [2.45, 2.75) is 392 Å². The summed E-state index contributed by atoms with van der Waals surface area (Å²) in [7, 11) is 0. The second-order valence-corrected chi connectivity index (χ2v) is 23.5. The first-order chi connectivity index (χ1) is 37.0. The van der Waals surface area contributed by atoms with E-state index in [4.69, 9.17) is 4.74 Å². The van der Waals surface area contributed by atoms with Gasteiger partial charge >= 0.3 is 5.97 Å². The van der Waals surface area contributed by atoms with Crippen molar-refractivity contribution in [3.05, 3.63) is 24.3 Å². The average Bonchev–Trinajstić information content (AvgIpc) is 3.41. The normalized spacial score (nSPS) is 12.6. The first-order valence-electron chi connectivity index (χ1n) is 34.1. The Bertz CT molecular complexity index is 1170. The molecule has 0 aromatic carbocycles. The fourth-order valence-electron chi connectivity index (χ4n) is 10.8. The minimum Gasteiger partial charge on any atom is -0.466 e. The van der Waals surface area contributed by atoms with Crippen molar-refractivity contribution in [2.75, 3.05) is 13.2 Å². The van der Waals surface area contributed by atoms with Crippen LogP contribution in [-0.4, -0.2) is 47.4 Å². The Kier molecular flexibility index (Phi) is 63.4. The quantitative estimate of drug-likeness (QED) is 0.0320. The summed E-state index contributed by atoms with van der Waals surface area (Å²) in [5, 5.41) is 23.4. The van der Waals surface area contributed by atoms with Crippen LogP contribution in [0, 0.1) is 0 Å². The van der Waals surface area contributed by atoms with E-state index in [0.717, 1.165) is 51.4 Å². The van der Waals surface area contributed by atoms with E-state index in [2.05, 4.69) is 43.5 Å². The van der Waals surface area contributed by atoms with Gasteiger partial charge in [-0.1, -0.05) is 334 Å². The summed E-state index contributed by atoms with van der Waals surface area (Å²) < 4.78 is 5.50. The summed E-state index contributed by atoms with van der Waals surface area (Å²) in [6, 6.07) is -0.547. The van der Waals surface area contributed by atoms with Crippen LogP contribution in [0.2, 0.25) is 0 Å². The molecule has 0 aliphatic rings. The molecule has 0 aromatic rings. The van der Waals surface area contributed by atoms with Crippen LogP contribution in [-0.2, 0) is 14.3 Å². The largest absolute Gasteiger partial charge is 0.466 e. The smallest absolute Gasteiger partial charge is 0.305 e. The Hall–Kier alpha value is -1.66. The van der Waals surface area contributed by atoms with E-state index < -0.39 is 12.1 Å². The van der Waals surface area contributed by atoms with Crippen molar-refractivity contribution in [1.82, 2.24) is 5.32 Å². The molecule has 0 saturated heterocycles. The Morgan fingerprint density at radius 3 is 1.04 bits per heavy atom. The SMILES string of the molecule is CCCCC/C=C\C/C=C\CCCCCCCCCCCC(=O)OCCCCCCCCCCCCCCCCCCCC(=O)NC(CO)C(O)CCCCCCCCCCCCCCCCCCCCCCCC. The molecule has 3 N–H and O–H groups in total. The summed E-state index contributed by atoms with van der Waals surface area (Å²) in [6.45, 7) is 4.95. The van der Waals surface area contributed by atoms with E-state index >= 15 is 0 Å². The van der Waals surface area contributed by atoms with E-state index in [1.165, 1.54) is 295 Å². The molecular weight excluding hydrogens is 923 g/mol. The highest BCUT2D eigenvalue weighted by Gasteiger charge is 2.20. The monoisotopic (exact) mass is 1060 g/mol. The molecule has 2 unspecified atom stereocenters. The number of aliphatic hydroxyl groups is 2. The second-order valence-electron chi connectivity index (χ2n) is 23.5. The number of unbranched alkanes of at least 4 members (excludes halogenated alkanes) is 49. The third-order valence-electron chi connectivity index (χ3n) is 16.0. The summed E-state index contributed by atoms with van der Waals surface area (Å²) in [4.78, 5) is 24.7. The fourth-order valence-corrected chi connectivity index (χ4v) is 10.8. The molecule has 6 nitrogen and oxygen atoms in total. The maximum Gasteiger partial charge on any atom is 0.305 e. The van der Waals surface area contributed by atoms with Gasteiger partial charge in [0.25, 0.3) is 0 Å². The van der Waals surface area contributed by atoms with Crippen LogP contribution in [0.5, 0.6) is 0 Å². The molecule has 0 spiro atoms. The average molecular weight is 1060 g/mol. The van der Waals surface area contributed by atoms with Gasteiger partial charge in [0.2, 0.25) is 5.91 Å². The number of ether oxygens (including phenoxy) is 1. The van der Waals surface area contributed by atoms with Crippen molar-refractivity contribution in [2.24, 2.45) is 0 Å². The molecule has 0 radical (unpaired) electrons. The van der Waals surface area contributed by atoms with E-state index in [0.29, 0.717) is 25.9 Å². The highest BCUT2D eigenvalue weighted by atomic mass is 16.5. The lowest BCUT2D eigenvalue weighted by atomic mass is 10.0. The maximum absolute atomic E-state index is 12.5. The number of esters is 1. The van der Waals surface area contributed by atoms with Crippen molar-refractivity contribution >= 4 is 11.9 Å². The molecule has 0 saturated carbocycles. The van der Waals surface area contributed by atoms with Crippen molar-refractivity contribution in [1.29, 1.82) is 0 Å². The third kappa shape index (κ3) is 61.4. The van der Waals surface area contributed by atoms with Crippen molar-refractivity contribution in [3.8, 4) is 0 Å². The van der Waals surface area contributed by atoms with Crippen molar-refractivity contribution < 1.29 is 24.5 Å². The molecule has 0 fully saturated rings. The highest BCUT2D eigenvalue weighted by Crippen LogP contribution is 2.19. The number of nitrogens with one attached hydrogen (secondary N) is 1. The number of hydrogen-bond acceptors (Lipinski definition) is 5. The summed E-state index contributed by atoms with van der Waals surface area (Å²) >= 11 is 0. The van der Waals surface area contributed by atoms with Gasteiger partial charge in [0.1, 0.15) is 0 Å². The van der Waals surface area contributed by atoms with Crippen LogP contribution in [0.1, 0.15) is 380 Å². The van der Waals surface area contributed by atoms with Crippen LogP contribution >= 0.6 is 0 Å². The van der Waals surface area contributed by atoms with Crippen LogP contribution in [0.25, 0.3) is 0 Å². The first-order valence-corrected chi connectivity index (χ1v) is 34.1. The van der Waals surface area contributed by atoms with Gasteiger partial charge in [-0.15, -0.1) is 0 Å². The zero-order valence-electron chi connectivity index (χ0n) is 50.8. The number of allylic oxidation sites excluding steroid dienone is 4. The third-order valence-corrected chi connectivity index (χ3v) is 16.0. The molecule has 6 heteroatoms. The second kappa shape index (κ2) is 64.9. The van der Waals surface area contributed by atoms with Gasteiger partial charge in [0.05, 0.1) is 25.4 Å². The number of carbonyl (C=O) groups excluding carboxylic acids is 2. The van der Waals surface area contributed by atoms with Crippen LogP contribution < -0.4 is 5.32 Å². The lowest BCUT2D eigenvalue weighted by Gasteiger charge is -2.22. The molecule has 0 bridgehead atoms. The van der Waals surface area contributed by atoms with Gasteiger partial charge in [-0.3, -0.25) is 9.59 Å². The molecule has 2 atom stereocenters. The number of amides is 1. The number of aliphatic hydroxyl groups excluding tert-OH is 2. The molecule has 0 aliphatic heterocycles. The van der Waals surface area contributed by atoms with Crippen LogP contribution in [0.3, 0.4) is 0 Å². The minimum atomic E-state index is -0.669. The van der Waals surface area contributed by atoms with E-state index in [-0.39, 0.29) is 18.5 Å². The van der Waals surface area contributed by atoms with E-state index in [1.807, 2.05) is 0 Å². The standard InChI is InChI=1S/C69H133NO5/c1-3-5-7-9-11-13-15-17-19-21-23-24-25-27-29-33-37-41-45-49-53-57-61-67(72)66(65-71)70-68(73)62-58-54-50-46-42-38-34-30-28-32-36-40-44-48-52-56-60-64-75-69(74)63-59-55-51-47-43-39-35-31-26-22-20-18-16-14-12-10-8-6-4-2/h12,14,18,20,66-67,71-72H,3-11,13,15-17,19,21-65H2,1-2H3,(H,70,73)/b14-12-,20-18-. The molecule has 0 aliphatic carbocycles. The predicted octanol–water partition coefficient (Wildman–Crippen LogP) is 21.8. The van der Waals surface area contributed by atoms with E-state index in [1.54, 1.807) is 0 Å². The zero-order valence-corrected chi connectivity index (χ0v) is 50.8. The minimum absolute atomic E-state index is 0.00279. The Labute approximate surface area is 469 Å². The topological polar surface area (TPSA) is 95.9 Å². The van der Waals surface area contributed by atoms with Gasteiger partial charge in [-0.25, -0.2) is 0 Å². The molecule has 0 aromatic heterocycles. The predicted molar refractivity (Wildman–Crippen MR) is 329 cm³/mol. The highest BCUT2D eigenvalue weighted by molar-refractivity contribution is 5.76. The fraction of sp³-hybridized carbons (Fsp3) is 0.913. The van der Waals surface area contributed by atoms with Gasteiger partial charge in [-0.05, 0) is 57.8 Å². The number of rotatable bonds is 64. The van der Waals surface area contributed by atoms with Crippen molar-refractivity contribution in [3.63, 3.8) is 0 Å². The van der Waals surface area contributed by atoms with Gasteiger partial charge in [0.15, 0.2) is 0 Å². The number of hydrogen-bond donors (Lipinski definition) is 3. The lowest BCUT2D eigenvalue weighted by Crippen LogP contribution is -2.45. The van der Waals surface area contributed by atoms with Crippen LogP contribution in [0.4, 0.5) is 0 Å². The Morgan fingerprint density at radius 1 is 0.373 bits per heavy atom. The number of carbonyl (C=O) groups is 2. The zero-order chi connectivity index (χ0) is 54.3. The van der Waals surface area contributed by atoms with Gasteiger partial charge in [-0.2, -0.15) is 0 Å². The lowest BCUT2D eigenvalue weighted by molar-refractivity contribution is -0.143. The summed E-state index contributed by atoms with van der Waals surface area (Å²) in [5.74, 6) is -0.0333. The first kappa shape index (κ1) is 73.3. The molecule has 0 rings (SSSR count). The van der Waals surface area contributed by atoms with E-state index in [9.17, 15) is 19.8 Å². The molecule has 75 heavy (non-hydrogen) atoms. The summed E-state index contributed by atoms with van der Waals surface area (Å²) in [5.41, 5.74) is 0. The van der Waals surface area contributed by atoms with Gasteiger partial charge < -0.3 is 20.3 Å². The van der Waals surface area contributed by atoms with Gasteiger partial charge in [0, 0.05) is 12.8 Å². The molecular formula is C69H133NO5. The Balaban J connectivity index is 3.40. The molecule has 1 amide bonds. The van der Waals surface area contributed by atoms with Crippen LogP contribution in [0.15, 0.2) is 24.3 Å². The maximum atomic E-state index is 12.5. The molecule has 444 valence electrons. The summed E-state index contributed by atoms with van der Waals surface area (Å²) in [6.07, 6.45) is 80.6.